The molecule has 2 aromatic heterocycles. The summed E-state index contributed by atoms with van der Waals surface area (Å²) < 4.78 is 2.31. The molecule has 4 heteroatoms. The fraction of sp³-hybridized carbons (Fsp3) is 0.208. The maximum absolute atomic E-state index is 4.62. The van der Waals surface area contributed by atoms with Crippen LogP contribution in [0.4, 0.5) is 0 Å². The molecule has 28 heavy (non-hydrogen) atoms. The normalized spacial score (nSPS) is 11.2. The van der Waals surface area contributed by atoms with Gasteiger partial charge in [-0.1, -0.05) is 31.7 Å². The molecule has 1 N–H and O–H groups in total. The molecule has 0 saturated heterocycles. The Hall–Kier alpha value is -2.72. The van der Waals surface area contributed by atoms with Crippen LogP contribution in [-0.4, -0.2) is 15.3 Å². The summed E-state index contributed by atoms with van der Waals surface area (Å²) in [5, 5.41) is 4.65. The van der Waals surface area contributed by atoms with Gasteiger partial charge >= 0.3 is 0 Å². The van der Waals surface area contributed by atoms with Gasteiger partial charge in [0.1, 0.15) is 0 Å². The summed E-state index contributed by atoms with van der Waals surface area (Å²) in [7, 11) is 0. The average Bonchev–Trinajstić information content (AvgIpc) is 3.06. The third kappa shape index (κ3) is 3.52. The number of nitrogens with one attached hydrogen (secondary N) is 1. The first kappa shape index (κ1) is 18.6. The van der Waals surface area contributed by atoms with Gasteiger partial charge in [-0.25, -0.2) is 0 Å². The highest BCUT2D eigenvalue weighted by atomic mass is 32.2. The van der Waals surface area contributed by atoms with Gasteiger partial charge in [0.05, 0.1) is 16.6 Å². The lowest BCUT2D eigenvalue weighted by atomic mass is 10.1. The molecule has 0 saturated carbocycles. The quantitative estimate of drug-likeness (QED) is 0.390. The zero-order valence-corrected chi connectivity index (χ0v) is 17.2. The molecule has 4 aromatic rings. The van der Waals surface area contributed by atoms with Crippen LogP contribution in [0.1, 0.15) is 25.0 Å². The lowest BCUT2D eigenvalue weighted by Crippen LogP contribution is -2.10. The molecular weight excluding hydrogens is 362 g/mol. The monoisotopic (exact) mass is 387 g/mol. The number of aromatic nitrogens is 2. The van der Waals surface area contributed by atoms with Gasteiger partial charge in [0.15, 0.2) is 0 Å². The summed E-state index contributed by atoms with van der Waals surface area (Å²) >= 11 is 1.87. The Bertz CT molecular complexity index is 1130. The minimum absolute atomic E-state index is 0.767. The van der Waals surface area contributed by atoms with Crippen molar-refractivity contribution in [3.05, 3.63) is 78.5 Å². The van der Waals surface area contributed by atoms with Crippen LogP contribution < -0.4 is 5.32 Å². The highest BCUT2D eigenvalue weighted by Gasteiger charge is 2.11. The van der Waals surface area contributed by atoms with Crippen molar-refractivity contribution in [1.82, 2.24) is 14.9 Å². The minimum Gasteiger partial charge on any atom is -0.381 e. The third-order valence-corrected chi connectivity index (χ3v) is 5.92. The number of nitrogens with zero attached hydrogens (tertiary/aromatic N) is 2. The average molecular weight is 388 g/mol. The Labute approximate surface area is 170 Å². The fourth-order valence-electron chi connectivity index (χ4n) is 3.62. The zero-order chi connectivity index (χ0) is 19.5. The highest BCUT2D eigenvalue weighted by Crippen LogP contribution is 2.29. The van der Waals surface area contributed by atoms with Crippen LogP contribution in [0.15, 0.2) is 72.3 Å². The molecule has 0 amide bonds. The maximum atomic E-state index is 4.62. The van der Waals surface area contributed by atoms with Gasteiger partial charge in [0, 0.05) is 35.3 Å². The van der Waals surface area contributed by atoms with E-state index in [1.165, 1.54) is 26.9 Å². The van der Waals surface area contributed by atoms with E-state index in [4.69, 9.17) is 0 Å². The van der Waals surface area contributed by atoms with Gasteiger partial charge in [-0.05, 0) is 60.2 Å². The lowest BCUT2D eigenvalue weighted by Gasteiger charge is -2.11. The molecule has 0 spiro atoms. The van der Waals surface area contributed by atoms with E-state index < -0.39 is 0 Å². The molecule has 4 rings (SSSR count). The number of benzene rings is 2. The van der Waals surface area contributed by atoms with Gasteiger partial charge in [0.2, 0.25) is 0 Å². The van der Waals surface area contributed by atoms with Crippen LogP contribution in [0.2, 0.25) is 0 Å². The predicted molar refractivity (Wildman–Crippen MR) is 122 cm³/mol. The second-order valence-corrected chi connectivity index (χ2v) is 8.09. The van der Waals surface area contributed by atoms with E-state index in [2.05, 4.69) is 83.8 Å². The van der Waals surface area contributed by atoms with E-state index in [0.29, 0.717) is 0 Å². The van der Waals surface area contributed by atoms with Crippen molar-refractivity contribution in [2.24, 2.45) is 0 Å². The third-order valence-electron chi connectivity index (χ3n) is 5.02. The zero-order valence-electron chi connectivity index (χ0n) is 16.4. The first-order valence-corrected chi connectivity index (χ1v) is 10.7. The lowest BCUT2D eigenvalue weighted by molar-refractivity contribution is 0.826. The SMILES string of the molecule is C=C(NCc1ccc(SCC)cc1)c1ccc2c(c1)c1ncccc1n2CC. The van der Waals surface area contributed by atoms with Crippen molar-refractivity contribution in [3.63, 3.8) is 0 Å². The van der Waals surface area contributed by atoms with Crippen molar-refractivity contribution in [1.29, 1.82) is 0 Å². The van der Waals surface area contributed by atoms with Crippen LogP contribution in [0.5, 0.6) is 0 Å². The summed E-state index contributed by atoms with van der Waals surface area (Å²) in [6, 6.07) is 19.4. The number of rotatable bonds is 7. The Morgan fingerprint density at radius 1 is 1.07 bits per heavy atom. The number of hydrogen-bond donors (Lipinski definition) is 1. The van der Waals surface area contributed by atoms with Crippen LogP contribution in [0, 0.1) is 0 Å². The van der Waals surface area contributed by atoms with Gasteiger partial charge in [-0.15, -0.1) is 11.8 Å². The molecule has 0 aliphatic rings. The van der Waals surface area contributed by atoms with E-state index in [1.54, 1.807) is 0 Å². The molecule has 0 aliphatic heterocycles. The molecule has 0 atom stereocenters. The van der Waals surface area contributed by atoms with E-state index in [-0.39, 0.29) is 0 Å². The Balaban J connectivity index is 1.56. The molecule has 3 nitrogen and oxygen atoms in total. The Morgan fingerprint density at radius 2 is 1.89 bits per heavy atom. The van der Waals surface area contributed by atoms with Crippen molar-refractivity contribution < 1.29 is 0 Å². The van der Waals surface area contributed by atoms with Crippen LogP contribution in [0.3, 0.4) is 0 Å². The number of hydrogen-bond acceptors (Lipinski definition) is 3. The van der Waals surface area contributed by atoms with E-state index in [1.807, 2.05) is 24.0 Å². The summed E-state index contributed by atoms with van der Waals surface area (Å²) in [5.74, 6) is 1.10. The number of thioether (sulfide) groups is 1. The van der Waals surface area contributed by atoms with Crippen molar-refractivity contribution in [3.8, 4) is 0 Å². The van der Waals surface area contributed by atoms with E-state index in [0.717, 1.165) is 35.6 Å². The van der Waals surface area contributed by atoms with Crippen LogP contribution in [0.25, 0.3) is 27.6 Å². The van der Waals surface area contributed by atoms with Crippen molar-refractivity contribution >= 4 is 39.4 Å². The molecule has 0 radical (unpaired) electrons. The van der Waals surface area contributed by atoms with Crippen molar-refractivity contribution in [2.45, 2.75) is 31.8 Å². The fourth-order valence-corrected chi connectivity index (χ4v) is 4.28. The smallest absolute Gasteiger partial charge is 0.0959 e. The standard InChI is InChI=1S/C24H25N3S/c1-4-27-22-13-10-19(15-21(22)24-23(27)7-6-14-25-24)17(3)26-16-18-8-11-20(12-9-18)28-5-2/h6-15,26H,3-5,16H2,1-2H3. The molecule has 0 bridgehead atoms. The van der Waals surface area contributed by atoms with Gasteiger partial charge in [-0.2, -0.15) is 0 Å². The first-order chi connectivity index (χ1) is 13.7. The topological polar surface area (TPSA) is 29.9 Å². The maximum Gasteiger partial charge on any atom is 0.0959 e. The van der Waals surface area contributed by atoms with Gasteiger partial charge < -0.3 is 9.88 Å². The highest BCUT2D eigenvalue weighted by molar-refractivity contribution is 7.99. The first-order valence-electron chi connectivity index (χ1n) is 9.73. The Kier molecular flexibility index (Phi) is 5.40. The van der Waals surface area contributed by atoms with Crippen LogP contribution in [-0.2, 0) is 13.1 Å². The summed E-state index contributed by atoms with van der Waals surface area (Å²) in [4.78, 5) is 5.94. The van der Waals surface area contributed by atoms with Crippen LogP contribution >= 0.6 is 11.8 Å². The molecule has 0 fully saturated rings. The van der Waals surface area contributed by atoms with E-state index in [9.17, 15) is 0 Å². The van der Waals surface area contributed by atoms with E-state index >= 15 is 0 Å². The summed E-state index contributed by atoms with van der Waals surface area (Å²) in [6.07, 6.45) is 1.86. The summed E-state index contributed by atoms with van der Waals surface area (Å²) in [5.41, 5.74) is 6.75. The molecule has 142 valence electrons. The second kappa shape index (κ2) is 8.11. The number of pyridine rings is 1. The van der Waals surface area contributed by atoms with Crippen molar-refractivity contribution in [2.75, 3.05) is 5.75 Å². The molecular formula is C24H25N3S. The molecule has 2 aromatic carbocycles. The number of fused-ring (bicyclic) bond motifs is 3. The number of aryl methyl sites for hydroxylation is 1. The molecule has 0 aliphatic carbocycles. The predicted octanol–water partition coefficient (Wildman–Crippen LogP) is 6.08. The van der Waals surface area contributed by atoms with Gasteiger partial charge in [-0.3, -0.25) is 4.98 Å². The summed E-state index contributed by atoms with van der Waals surface area (Å²) in [6.45, 7) is 10.3. The second-order valence-electron chi connectivity index (χ2n) is 6.76. The minimum atomic E-state index is 0.767. The molecule has 0 unspecified atom stereocenters. The molecule has 2 heterocycles. The van der Waals surface area contributed by atoms with Gasteiger partial charge in [0.25, 0.3) is 0 Å². The Morgan fingerprint density at radius 3 is 2.64 bits per heavy atom. The largest absolute Gasteiger partial charge is 0.381 e.